The van der Waals surface area contributed by atoms with Crippen LogP contribution in [0.15, 0.2) is 119 Å². The van der Waals surface area contributed by atoms with E-state index in [1.54, 1.807) is 18.7 Å². The van der Waals surface area contributed by atoms with Gasteiger partial charge in [0.2, 0.25) is 0 Å². The average Bonchev–Trinajstić information content (AvgIpc) is 2.99. The first kappa shape index (κ1) is 26.5. The molecule has 0 aliphatic carbocycles. The molecule has 1 aliphatic heterocycles. The van der Waals surface area contributed by atoms with E-state index >= 15 is 0 Å². The molecule has 1 heterocycles. The maximum Gasteiger partial charge on any atom is 0.111 e. The summed E-state index contributed by atoms with van der Waals surface area (Å²) in [7, 11) is 0. The minimum absolute atomic E-state index is 0.434. The smallest absolute Gasteiger partial charge is 0.111 e. The predicted octanol–water partition coefficient (Wildman–Crippen LogP) is 7.08. The van der Waals surface area contributed by atoms with Gasteiger partial charge in [0, 0.05) is 18.9 Å². The normalized spacial score (nSPS) is 14.6. The monoisotopic (exact) mass is 528 g/mol. The Morgan fingerprint density at radius 3 is 2.35 bits per heavy atom. The Hall–Kier alpha value is -5.10. The van der Waals surface area contributed by atoms with E-state index in [1.807, 2.05) is 6.92 Å². The molecule has 5 rings (SSSR count). The van der Waals surface area contributed by atoms with Crippen molar-refractivity contribution >= 4 is 56.9 Å². The fourth-order valence-electron chi connectivity index (χ4n) is 5.19. The van der Waals surface area contributed by atoms with E-state index in [4.69, 9.17) is 15.2 Å². The van der Waals surface area contributed by atoms with Gasteiger partial charge in [-0.2, -0.15) is 0 Å². The Balaban J connectivity index is 1.58. The Labute approximate surface area is 234 Å². The number of aliphatic imine (C=N–C) groups is 2. The maximum atomic E-state index is 6.16. The molecule has 3 N–H and O–H groups in total. The van der Waals surface area contributed by atoms with Crippen LogP contribution in [0.1, 0.15) is 18.1 Å². The van der Waals surface area contributed by atoms with E-state index in [9.17, 15) is 0 Å². The minimum atomic E-state index is 0.434. The van der Waals surface area contributed by atoms with Crippen LogP contribution in [0.25, 0.3) is 43.5 Å². The molecule has 0 amide bonds. The molecule has 40 heavy (non-hydrogen) atoms. The molecule has 6 nitrogen and oxygen atoms in total. The van der Waals surface area contributed by atoms with E-state index in [2.05, 4.69) is 95.6 Å². The van der Waals surface area contributed by atoms with Crippen molar-refractivity contribution in [2.75, 3.05) is 19.8 Å². The second kappa shape index (κ2) is 12.2. The quantitative estimate of drug-likeness (QED) is 0.0944. The van der Waals surface area contributed by atoms with Crippen LogP contribution < -0.4 is 11.1 Å². The van der Waals surface area contributed by atoms with Gasteiger partial charge in [0.1, 0.15) is 25.7 Å². The third-order valence-electron chi connectivity index (χ3n) is 6.92. The average molecular weight is 529 g/mol. The SMILES string of the molecule is C=N/C=C\OCC1=CC(c2ccc3ccc4c(C(/C=C(\C)CO/C=C\N=C)=C/N)ccc5ccc2c3c54)=CNC1. The topological polar surface area (TPSA) is 81.2 Å². The highest BCUT2D eigenvalue weighted by Gasteiger charge is 2.16. The summed E-state index contributed by atoms with van der Waals surface area (Å²) in [5.74, 6) is 0. The Bertz CT molecular complexity index is 1680. The molecule has 0 unspecified atom stereocenters. The van der Waals surface area contributed by atoms with Crippen LogP contribution in [0.4, 0.5) is 0 Å². The third kappa shape index (κ3) is 5.38. The van der Waals surface area contributed by atoms with Crippen LogP contribution in [0, 0.1) is 0 Å². The molecule has 0 saturated heterocycles. The minimum Gasteiger partial charge on any atom is -0.495 e. The van der Waals surface area contributed by atoms with E-state index in [0.29, 0.717) is 13.2 Å². The van der Waals surface area contributed by atoms with Crippen LogP contribution in [0.3, 0.4) is 0 Å². The second-order valence-electron chi connectivity index (χ2n) is 9.60. The lowest BCUT2D eigenvalue weighted by molar-refractivity contribution is 0.277. The van der Waals surface area contributed by atoms with Crippen molar-refractivity contribution in [3.63, 3.8) is 0 Å². The molecule has 4 aromatic rings. The van der Waals surface area contributed by atoms with Crippen LogP contribution in [-0.2, 0) is 9.47 Å². The van der Waals surface area contributed by atoms with Gasteiger partial charge in [0.15, 0.2) is 0 Å². The van der Waals surface area contributed by atoms with Crippen molar-refractivity contribution in [3.05, 3.63) is 120 Å². The summed E-state index contributed by atoms with van der Waals surface area (Å²) >= 11 is 0. The predicted molar refractivity (Wildman–Crippen MR) is 169 cm³/mol. The Kier molecular flexibility index (Phi) is 8.07. The van der Waals surface area contributed by atoms with Crippen LogP contribution >= 0.6 is 0 Å². The van der Waals surface area contributed by atoms with Crippen molar-refractivity contribution in [2.24, 2.45) is 15.7 Å². The Morgan fingerprint density at radius 1 is 0.925 bits per heavy atom. The number of nitrogens with zero attached hydrogens (tertiary/aromatic N) is 2. The van der Waals surface area contributed by atoms with Gasteiger partial charge >= 0.3 is 0 Å². The number of allylic oxidation sites excluding steroid dienone is 4. The first-order valence-electron chi connectivity index (χ1n) is 13.0. The number of ether oxygens (including phenoxy) is 2. The van der Waals surface area contributed by atoms with Gasteiger partial charge in [-0.15, -0.1) is 0 Å². The van der Waals surface area contributed by atoms with E-state index in [-0.39, 0.29) is 0 Å². The van der Waals surface area contributed by atoms with Gasteiger partial charge in [-0.1, -0.05) is 54.6 Å². The lowest BCUT2D eigenvalue weighted by atomic mass is 9.86. The summed E-state index contributed by atoms with van der Waals surface area (Å²) in [5.41, 5.74) is 12.7. The molecular formula is C34H32N4O2. The number of hydrogen-bond donors (Lipinski definition) is 2. The Morgan fingerprint density at radius 2 is 1.60 bits per heavy atom. The van der Waals surface area contributed by atoms with Crippen LogP contribution in [-0.4, -0.2) is 33.2 Å². The van der Waals surface area contributed by atoms with Gasteiger partial charge in [-0.05, 0) is 92.2 Å². The number of nitrogens with two attached hydrogens (primary N) is 1. The largest absolute Gasteiger partial charge is 0.495 e. The van der Waals surface area contributed by atoms with Crippen molar-refractivity contribution in [1.29, 1.82) is 0 Å². The molecule has 0 bridgehead atoms. The van der Waals surface area contributed by atoms with Crippen molar-refractivity contribution in [1.82, 2.24) is 5.32 Å². The maximum absolute atomic E-state index is 6.16. The molecule has 1 aliphatic rings. The van der Waals surface area contributed by atoms with Crippen molar-refractivity contribution in [3.8, 4) is 0 Å². The third-order valence-corrected chi connectivity index (χ3v) is 6.92. The van der Waals surface area contributed by atoms with E-state index in [1.165, 1.54) is 45.0 Å². The molecule has 0 radical (unpaired) electrons. The molecular weight excluding hydrogens is 496 g/mol. The lowest BCUT2D eigenvalue weighted by Crippen LogP contribution is -2.17. The first-order valence-corrected chi connectivity index (χ1v) is 13.0. The van der Waals surface area contributed by atoms with E-state index < -0.39 is 0 Å². The van der Waals surface area contributed by atoms with Gasteiger partial charge in [0.25, 0.3) is 0 Å². The summed E-state index contributed by atoms with van der Waals surface area (Å²) in [5, 5.41) is 10.6. The molecule has 6 heteroatoms. The van der Waals surface area contributed by atoms with Crippen LogP contribution in [0.5, 0.6) is 0 Å². The summed E-state index contributed by atoms with van der Waals surface area (Å²) in [6.45, 7) is 10.5. The van der Waals surface area contributed by atoms with Crippen LogP contribution in [0.2, 0.25) is 0 Å². The number of rotatable bonds is 11. The molecule has 200 valence electrons. The molecule has 0 spiro atoms. The zero-order valence-electron chi connectivity index (χ0n) is 22.6. The van der Waals surface area contributed by atoms with Crippen molar-refractivity contribution in [2.45, 2.75) is 6.92 Å². The fraction of sp³-hybridized carbons (Fsp3) is 0.118. The highest BCUT2D eigenvalue weighted by Crippen LogP contribution is 2.41. The number of hydrogen-bond acceptors (Lipinski definition) is 6. The summed E-state index contributed by atoms with van der Waals surface area (Å²) in [6.07, 6.45) is 14.2. The van der Waals surface area contributed by atoms with Gasteiger partial charge in [-0.3, -0.25) is 9.98 Å². The first-order chi connectivity index (χ1) is 19.6. The standard InChI is InChI=1S/C34H32N4O2/c1-23(21-39-14-12-36-2)16-27(18-35)29-8-4-25-7-11-32-30(9-5-26-6-10-31(29)33(25)34(26)32)28-17-24(19-38-20-28)22-40-15-13-37-3/h4-18,20,38H,2-3,19,21-22,35H2,1H3/b14-12-,15-13-,23-16+,27-18+. The number of dihydropyridines is 1. The number of nitrogens with one attached hydrogen (secondary N) is 1. The highest BCUT2D eigenvalue weighted by molar-refractivity contribution is 6.26. The molecule has 0 atom stereocenters. The summed E-state index contributed by atoms with van der Waals surface area (Å²) < 4.78 is 11.1. The lowest BCUT2D eigenvalue weighted by Gasteiger charge is -2.19. The molecule has 0 fully saturated rings. The molecule has 4 aromatic carbocycles. The van der Waals surface area contributed by atoms with Gasteiger partial charge in [0.05, 0.1) is 12.4 Å². The second-order valence-corrected chi connectivity index (χ2v) is 9.60. The molecule has 0 saturated carbocycles. The summed E-state index contributed by atoms with van der Waals surface area (Å²) in [4.78, 5) is 7.34. The van der Waals surface area contributed by atoms with E-state index in [0.717, 1.165) is 39.8 Å². The molecule has 0 aromatic heterocycles. The highest BCUT2D eigenvalue weighted by atomic mass is 16.5. The van der Waals surface area contributed by atoms with Crippen molar-refractivity contribution < 1.29 is 9.47 Å². The van der Waals surface area contributed by atoms with Gasteiger partial charge in [-0.25, -0.2) is 0 Å². The van der Waals surface area contributed by atoms with Gasteiger partial charge < -0.3 is 20.5 Å². The zero-order chi connectivity index (χ0) is 27.9. The number of benzene rings is 4. The summed E-state index contributed by atoms with van der Waals surface area (Å²) in [6, 6.07) is 17.5. The fourth-order valence-corrected chi connectivity index (χ4v) is 5.19. The zero-order valence-corrected chi connectivity index (χ0v) is 22.6.